The van der Waals surface area contributed by atoms with Gasteiger partial charge in [-0.2, -0.15) is 0 Å². The predicted molar refractivity (Wildman–Crippen MR) is 117 cm³/mol. The summed E-state index contributed by atoms with van der Waals surface area (Å²) in [4.78, 5) is 33.2. The first-order valence-corrected chi connectivity index (χ1v) is 10.5. The lowest BCUT2D eigenvalue weighted by Gasteiger charge is -2.10. The maximum atomic E-state index is 13.1. The number of hydrogen-bond acceptors (Lipinski definition) is 9. The predicted octanol–water partition coefficient (Wildman–Crippen LogP) is 4.53. The van der Waals surface area contributed by atoms with Crippen molar-refractivity contribution in [2.75, 3.05) is 14.2 Å². The number of carbonyl (C=O) groups excluding carboxylic acids is 2. The molecule has 32 heavy (non-hydrogen) atoms. The highest BCUT2D eigenvalue weighted by molar-refractivity contribution is 7.98. The number of fused-ring (bicyclic) bond motifs is 1. The molecule has 0 bridgehead atoms. The van der Waals surface area contributed by atoms with Crippen molar-refractivity contribution in [3.05, 3.63) is 77.8 Å². The van der Waals surface area contributed by atoms with E-state index in [9.17, 15) is 9.59 Å². The summed E-state index contributed by atoms with van der Waals surface area (Å²) in [6.45, 7) is 0. The molecule has 0 amide bonds. The van der Waals surface area contributed by atoms with Gasteiger partial charge >= 0.3 is 11.9 Å². The molecule has 2 aromatic carbocycles. The zero-order chi connectivity index (χ0) is 22.5. The lowest BCUT2D eigenvalue weighted by molar-refractivity contribution is 0.0600. The molecule has 0 atom stereocenters. The van der Waals surface area contributed by atoms with Crippen molar-refractivity contribution in [3.8, 4) is 11.5 Å². The Balaban J connectivity index is 1.64. The molecule has 0 spiro atoms. The van der Waals surface area contributed by atoms with Crippen molar-refractivity contribution in [2.45, 2.75) is 10.9 Å². The van der Waals surface area contributed by atoms with E-state index in [2.05, 4.69) is 9.97 Å². The van der Waals surface area contributed by atoms with Gasteiger partial charge in [0, 0.05) is 29.1 Å². The second-order valence-electron chi connectivity index (χ2n) is 6.47. The Morgan fingerprint density at radius 3 is 2.50 bits per heavy atom. The van der Waals surface area contributed by atoms with Crippen molar-refractivity contribution in [2.24, 2.45) is 0 Å². The highest BCUT2D eigenvalue weighted by Gasteiger charge is 2.24. The van der Waals surface area contributed by atoms with Gasteiger partial charge in [0.25, 0.3) is 0 Å². The number of benzene rings is 2. The Bertz CT molecular complexity index is 1270. The molecule has 2 heterocycles. The van der Waals surface area contributed by atoms with Gasteiger partial charge < -0.3 is 18.6 Å². The number of para-hydroxylation sites is 1. The Labute approximate surface area is 187 Å². The zero-order valence-corrected chi connectivity index (χ0v) is 18.0. The average molecular weight is 450 g/mol. The average Bonchev–Trinajstić information content (AvgIpc) is 3.22. The third-order valence-corrected chi connectivity index (χ3v) is 5.46. The molecule has 0 N–H and O–H groups in total. The summed E-state index contributed by atoms with van der Waals surface area (Å²) in [5, 5.41) is 1.38. The van der Waals surface area contributed by atoms with E-state index in [1.165, 1.54) is 44.2 Å². The number of rotatable bonds is 7. The molecule has 0 saturated heterocycles. The van der Waals surface area contributed by atoms with Crippen molar-refractivity contribution in [1.82, 2.24) is 9.97 Å². The summed E-state index contributed by atoms with van der Waals surface area (Å²) < 4.78 is 21.4. The highest BCUT2D eigenvalue weighted by Crippen LogP contribution is 2.34. The van der Waals surface area contributed by atoms with Crippen LogP contribution in [-0.4, -0.2) is 36.1 Å². The standard InChI is InChI=1S/C23H18N2O6S/c1-28-19-12-14(21(26)29-2)8-9-18(19)31-22(27)20-16(13-32-23-24-10-5-11-25-23)15-6-3-4-7-17(15)30-20/h3-12H,13H2,1-2H3. The number of hydrogen-bond donors (Lipinski definition) is 0. The lowest BCUT2D eigenvalue weighted by atomic mass is 10.1. The van der Waals surface area contributed by atoms with Crippen LogP contribution >= 0.6 is 11.8 Å². The number of ether oxygens (including phenoxy) is 3. The van der Waals surface area contributed by atoms with E-state index < -0.39 is 11.9 Å². The van der Waals surface area contributed by atoms with Crippen LogP contribution in [0.25, 0.3) is 11.0 Å². The second-order valence-corrected chi connectivity index (χ2v) is 7.42. The molecule has 0 aliphatic carbocycles. The molecule has 0 unspecified atom stereocenters. The van der Waals surface area contributed by atoms with Crippen molar-refractivity contribution in [3.63, 3.8) is 0 Å². The number of nitrogens with zero attached hydrogens (tertiary/aromatic N) is 2. The van der Waals surface area contributed by atoms with E-state index in [0.29, 0.717) is 22.1 Å². The Kier molecular flexibility index (Phi) is 6.37. The number of aromatic nitrogens is 2. The van der Waals surface area contributed by atoms with Crippen LogP contribution in [0.5, 0.6) is 11.5 Å². The van der Waals surface area contributed by atoms with Gasteiger partial charge in [-0.05, 0) is 30.3 Å². The molecule has 0 saturated carbocycles. The second kappa shape index (κ2) is 9.52. The number of furan rings is 1. The molecule has 162 valence electrons. The van der Waals surface area contributed by atoms with E-state index in [1.54, 1.807) is 24.5 Å². The molecular formula is C23H18N2O6S. The van der Waals surface area contributed by atoms with Crippen LogP contribution < -0.4 is 9.47 Å². The molecule has 0 aliphatic heterocycles. The summed E-state index contributed by atoms with van der Waals surface area (Å²) in [5.74, 6) is -0.366. The van der Waals surface area contributed by atoms with Crippen molar-refractivity contribution in [1.29, 1.82) is 0 Å². The van der Waals surface area contributed by atoms with E-state index in [0.717, 1.165) is 5.39 Å². The summed E-state index contributed by atoms with van der Waals surface area (Å²) in [7, 11) is 2.70. The van der Waals surface area contributed by atoms with E-state index in [4.69, 9.17) is 18.6 Å². The van der Waals surface area contributed by atoms with E-state index in [-0.39, 0.29) is 22.8 Å². The first-order valence-electron chi connectivity index (χ1n) is 9.49. The third kappa shape index (κ3) is 4.42. The van der Waals surface area contributed by atoms with Gasteiger partial charge in [-0.1, -0.05) is 30.0 Å². The van der Waals surface area contributed by atoms with Gasteiger partial charge in [-0.25, -0.2) is 19.6 Å². The summed E-state index contributed by atoms with van der Waals surface area (Å²) in [6.07, 6.45) is 3.31. The smallest absolute Gasteiger partial charge is 0.380 e. The Hall–Kier alpha value is -3.85. The first kappa shape index (κ1) is 21.4. The fraction of sp³-hybridized carbons (Fsp3) is 0.130. The highest BCUT2D eigenvalue weighted by atomic mass is 32.2. The largest absolute Gasteiger partial charge is 0.493 e. The van der Waals surface area contributed by atoms with Gasteiger partial charge in [-0.15, -0.1) is 0 Å². The number of carbonyl (C=O) groups is 2. The number of esters is 2. The van der Waals surface area contributed by atoms with Crippen molar-refractivity contribution < 1.29 is 28.2 Å². The maximum Gasteiger partial charge on any atom is 0.380 e. The zero-order valence-electron chi connectivity index (χ0n) is 17.2. The molecule has 9 heteroatoms. The Morgan fingerprint density at radius 1 is 0.969 bits per heavy atom. The van der Waals surface area contributed by atoms with Crippen LogP contribution in [0.4, 0.5) is 0 Å². The van der Waals surface area contributed by atoms with Gasteiger partial charge in [-0.3, -0.25) is 0 Å². The van der Waals surface area contributed by atoms with Gasteiger partial charge in [0.2, 0.25) is 5.76 Å². The Morgan fingerprint density at radius 2 is 1.75 bits per heavy atom. The number of methoxy groups -OCH3 is 2. The summed E-state index contributed by atoms with van der Waals surface area (Å²) >= 11 is 1.38. The fourth-order valence-corrected chi connectivity index (χ4v) is 3.88. The van der Waals surface area contributed by atoms with Crippen LogP contribution in [0, 0.1) is 0 Å². The van der Waals surface area contributed by atoms with Crippen LogP contribution in [0.1, 0.15) is 26.5 Å². The minimum absolute atomic E-state index is 0.0775. The van der Waals surface area contributed by atoms with Crippen molar-refractivity contribution >= 4 is 34.7 Å². The monoisotopic (exact) mass is 450 g/mol. The lowest BCUT2D eigenvalue weighted by Crippen LogP contribution is -2.11. The summed E-state index contributed by atoms with van der Waals surface area (Å²) in [6, 6.07) is 13.5. The molecular weight excluding hydrogens is 432 g/mol. The summed E-state index contributed by atoms with van der Waals surface area (Å²) in [5.41, 5.74) is 1.51. The third-order valence-electron chi connectivity index (χ3n) is 4.56. The van der Waals surface area contributed by atoms with Crippen LogP contribution in [0.3, 0.4) is 0 Å². The van der Waals surface area contributed by atoms with Crippen LogP contribution in [0.2, 0.25) is 0 Å². The minimum atomic E-state index is -0.685. The normalized spacial score (nSPS) is 10.7. The van der Waals surface area contributed by atoms with Crippen LogP contribution in [-0.2, 0) is 10.5 Å². The van der Waals surface area contributed by atoms with E-state index in [1.807, 2.05) is 18.2 Å². The molecule has 0 aliphatic rings. The fourth-order valence-electron chi connectivity index (χ4n) is 3.05. The van der Waals surface area contributed by atoms with Gasteiger partial charge in [0.1, 0.15) is 5.58 Å². The molecule has 0 radical (unpaired) electrons. The molecule has 4 rings (SSSR count). The minimum Gasteiger partial charge on any atom is -0.493 e. The first-order chi connectivity index (χ1) is 15.6. The maximum absolute atomic E-state index is 13.1. The molecule has 4 aromatic rings. The topological polar surface area (TPSA) is 101 Å². The van der Waals surface area contributed by atoms with Crippen LogP contribution in [0.15, 0.2) is 70.5 Å². The molecule has 0 fully saturated rings. The SMILES string of the molecule is COC(=O)c1ccc(OC(=O)c2oc3ccccc3c2CSc2ncccn2)c(OC)c1. The molecule has 8 nitrogen and oxygen atoms in total. The van der Waals surface area contributed by atoms with E-state index >= 15 is 0 Å². The van der Waals surface area contributed by atoms with Gasteiger partial charge in [0.05, 0.1) is 19.8 Å². The number of thioether (sulfide) groups is 1. The quantitative estimate of drug-likeness (QED) is 0.174. The molecule has 2 aromatic heterocycles. The van der Waals surface area contributed by atoms with Gasteiger partial charge in [0.15, 0.2) is 16.7 Å².